The van der Waals surface area contributed by atoms with E-state index in [1.54, 1.807) is 0 Å². The van der Waals surface area contributed by atoms with Crippen molar-refractivity contribution in [3.05, 3.63) is 58.1 Å². The lowest BCUT2D eigenvalue weighted by molar-refractivity contribution is 0.671. The Kier molecular flexibility index (Phi) is 3.23. The van der Waals surface area contributed by atoms with Gasteiger partial charge in [0.25, 0.3) is 0 Å². The molecular formula is C16H17BrN2. The van der Waals surface area contributed by atoms with Crippen molar-refractivity contribution in [1.82, 2.24) is 0 Å². The molecule has 0 radical (unpaired) electrons. The molecule has 0 saturated heterocycles. The smallest absolute Gasteiger partial charge is 0.0461 e. The Morgan fingerprint density at radius 2 is 2.00 bits per heavy atom. The van der Waals surface area contributed by atoms with Gasteiger partial charge in [0, 0.05) is 28.4 Å². The first kappa shape index (κ1) is 12.5. The number of benzene rings is 2. The quantitative estimate of drug-likeness (QED) is 0.849. The van der Waals surface area contributed by atoms with Gasteiger partial charge in [-0.05, 0) is 52.5 Å². The van der Waals surface area contributed by atoms with Crippen LogP contribution in [0.1, 0.15) is 18.1 Å². The van der Waals surface area contributed by atoms with Crippen LogP contribution in [-0.2, 0) is 13.0 Å². The Labute approximate surface area is 122 Å². The van der Waals surface area contributed by atoms with Crippen LogP contribution in [-0.4, -0.2) is 6.04 Å². The molecule has 0 amide bonds. The van der Waals surface area contributed by atoms with E-state index in [9.17, 15) is 0 Å². The second-order valence-electron chi connectivity index (χ2n) is 5.13. The minimum Gasteiger partial charge on any atom is -0.398 e. The number of nitrogens with two attached hydrogens (primary N) is 1. The predicted octanol–water partition coefficient (Wildman–Crippen LogP) is 3.98. The summed E-state index contributed by atoms with van der Waals surface area (Å²) in [5, 5.41) is 0. The van der Waals surface area contributed by atoms with Gasteiger partial charge in [0.2, 0.25) is 0 Å². The van der Waals surface area contributed by atoms with Crippen molar-refractivity contribution in [2.75, 3.05) is 10.6 Å². The van der Waals surface area contributed by atoms with E-state index in [-0.39, 0.29) is 0 Å². The van der Waals surface area contributed by atoms with Gasteiger partial charge in [-0.15, -0.1) is 0 Å². The van der Waals surface area contributed by atoms with Crippen LogP contribution in [0.15, 0.2) is 46.9 Å². The molecule has 0 aliphatic carbocycles. The third-order valence-electron chi connectivity index (χ3n) is 3.80. The Hall–Kier alpha value is -1.48. The maximum atomic E-state index is 5.96. The van der Waals surface area contributed by atoms with Crippen LogP contribution < -0.4 is 10.6 Å². The molecule has 3 heteroatoms. The van der Waals surface area contributed by atoms with Crippen molar-refractivity contribution in [2.24, 2.45) is 0 Å². The summed E-state index contributed by atoms with van der Waals surface area (Å²) in [6, 6.07) is 15.3. The average Bonchev–Trinajstić information content (AvgIpc) is 2.72. The third kappa shape index (κ3) is 2.23. The zero-order valence-corrected chi connectivity index (χ0v) is 12.5. The maximum Gasteiger partial charge on any atom is 0.0461 e. The lowest BCUT2D eigenvalue weighted by Gasteiger charge is -2.25. The summed E-state index contributed by atoms with van der Waals surface area (Å²) in [6.45, 7) is 3.17. The van der Waals surface area contributed by atoms with Crippen molar-refractivity contribution < 1.29 is 0 Å². The van der Waals surface area contributed by atoms with Crippen LogP contribution in [0.25, 0.3) is 0 Å². The van der Waals surface area contributed by atoms with Crippen LogP contribution in [0, 0.1) is 0 Å². The lowest BCUT2D eigenvalue weighted by atomic mass is 10.1. The summed E-state index contributed by atoms with van der Waals surface area (Å²) < 4.78 is 1.02. The fraction of sp³-hybridized carbons (Fsp3) is 0.250. The molecule has 2 aromatic rings. The van der Waals surface area contributed by atoms with Gasteiger partial charge in [-0.25, -0.2) is 0 Å². The van der Waals surface area contributed by atoms with Gasteiger partial charge in [-0.3, -0.25) is 0 Å². The molecule has 0 bridgehead atoms. The maximum absolute atomic E-state index is 5.96. The Morgan fingerprint density at radius 1 is 1.21 bits per heavy atom. The zero-order chi connectivity index (χ0) is 13.4. The molecule has 98 valence electrons. The molecule has 0 saturated carbocycles. The Balaban J connectivity index is 1.93. The summed E-state index contributed by atoms with van der Waals surface area (Å²) in [4.78, 5) is 2.45. The van der Waals surface area contributed by atoms with E-state index in [1.165, 1.54) is 16.8 Å². The number of hydrogen-bond donors (Lipinski definition) is 1. The van der Waals surface area contributed by atoms with E-state index in [0.717, 1.165) is 23.1 Å². The number of rotatable bonds is 2. The van der Waals surface area contributed by atoms with Gasteiger partial charge in [0.05, 0.1) is 0 Å². The number of anilines is 2. The fourth-order valence-corrected chi connectivity index (χ4v) is 3.17. The minimum absolute atomic E-state index is 0.533. The summed E-state index contributed by atoms with van der Waals surface area (Å²) in [5.74, 6) is 0. The highest BCUT2D eigenvalue weighted by molar-refractivity contribution is 9.10. The highest BCUT2D eigenvalue weighted by atomic mass is 79.9. The standard InChI is InChI=1S/C16H17BrN2/c1-11-9-12-5-2-3-8-15(12)19(11)10-13-6-4-7-14(18)16(13)17/h2-8,11H,9-10,18H2,1H3. The number of nitrogens with zero attached hydrogens (tertiary/aromatic N) is 1. The molecule has 2 nitrogen and oxygen atoms in total. The van der Waals surface area contributed by atoms with E-state index in [1.807, 2.05) is 12.1 Å². The topological polar surface area (TPSA) is 29.3 Å². The van der Waals surface area contributed by atoms with Crippen LogP contribution in [0.4, 0.5) is 11.4 Å². The first-order valence-corrected chi connectivity index (χ1v) is 7.33. The van der Waals surface area contributed by atoms with E-state index >= 15 is 0 Å². The summed E-state index contributed by atoms with van der Waals surface area (Å²) in [5.41, 5.74) is 10.8. The van der Waals surface area contributed by atoms with Gasteiger partial charge in [-0.2, -0.15) is 0 Å². The fourth-order valence-electron chi connectivity index (χ4n) is 2.78. The van der Waals surface area contributed by atoms with Crippen molar-refractivity contribution in [1.29, 1.82) is 0 Å². The van der Waals surface area contributed by atoms with Crippen LogP contribution in [0.2, 0.25) is 0 Å². The predicted molar refractivity (Wildman–Crippen MR) is 84.3 cm³/mol. The monoisotopic (exact) mass is 316 g/mol. The SMILES string of the molecule is CC1Cc2ccccc2N1Cc1cccc(N)c1Br. The highest BCUT2D eigenvalue weighted by Gasteiger charge is 2.25. The van der Waals surface area contributed by atoms with E-state index < -0.39 is 0 Å². The van der Waals surface area contributed by atoms with Crippen molar-refractivity contribution in [3.63, 3.8) is 0 Å². The average molecular weight is 317 g/mol. The molecule has 2 N–H and O–H groups in total. The molecule has 1 heterocycles. The molecule has 0 spiro atoms. The molecule has 0 aromatic heterocycles. The van der Waals surface area contributed by atoms with E-state index in [4.69, 9.17) is 5.73 Å². The molecule has 1 aliphatic heterocycles. The number of hydrogen-bond acceptors (Lipinski definition) is 2. The van der Waals surface area contributed by atoms with E-state index in [0.29, 0.717) is 6.04 Å². The largest absolute Gasteiger partial charge is 0.398 e. The highest BCUT2D eigenvalue weighted by Crippen LogP contribution is 2.34. The molecule has 19 heavy (non-hydrogen) atoms. The minimum atomic E-state index is 0.533. The van der Waals surface area contributed by atoms with Crippen molar-refractivity contribution in [3.8, 4) is 0 Å². The van der Waals surface area contributed by atoms with Gasteiger partial charge < -0.3 is 10.6 Å². The number of halogens is 1. The normalized spacial score (nSPS) is 17.6. The van der Waals surface area contributed by atoms with Gasteiger partial charge in [-0.1, -0.05) is 30.3 Å². The Morgan fingerprint density at radius 3 is 2.84 bits per heavy atom. The number of fused-ring (bicyclic) bond motifs is 1. The van der Waals surface area contributed by atoms with Crippen molar-refractivity contribution in [2.45, 2.75) is 25.9 Å². The van der Waals surface area contributed by atoms with Gasteiger partial charge in [0.1, 0.15) is 0 Å². The molecule has 3 rings (SSSR count). The van der Waals surface area contributed by atoms with Crippen LogP contribution >= 0.6 is 15.9 Å². The summed E-state index contributed by atoms with van der Waals surface area (Å²) in [6.07, 6.45) is 1.12. The molecule has 1 unspecified atom stereocenters. The van der Waals surface area contributed by atoms with Gasteiger partial charge in [0.15, 0.2) is 0 Å². The summed E-state index contributed by atoms with van der Waals surface area (Å²) >= 11 is 3.60. The molecule has 0 fully saturated rings. The second-order valence-corrected chi connectivity index (χ2v) is 5.92. The van der Waals surface area contributed by atoms with Crippen LogP contribution in [0.3, 0.4) is 0 Å². The molecule has 1 aliphatic rings. The second kappa shape index (κ2) is 4.89. The van der Waals surface area contributed by atoms with E-state index in [2.05, 4.69) is 58.1 Å². The first-order valence-electron chi connectivity index (χ1n) is 6.54. The molecular weight excluding hydrogens is 300 g/mol. The van der Waals surface area contributed by atoms with Crippen molar-refractivity contribution >= 4 is 27.3 Å². The third-order valence-corrected chi connectivity index (χ3v) is 4.76. The zero-order valence-electron chi connectivity index (χ0n) is 10.9. The lowest BCUT2D eigenvalue weighted by Crippen LogP contribution is -2.28. The first-order chi connectivity index (χ1) is 9.16. The summed E-state index contributed by atoms with van der Waals surface area (Å²) in [7, 11) is 0. The number of nitrogen functional groups attached to an aromatic ring is 1. The van der Waals surface area contributed by atoms with Gasteiger partial charge >= 0.3 is 0 Å². The molecule has 2 aromatic carbocycles. The van der Waals surface area contributed by atoms with Crippen LogP contribution in [0.5, 0.6) is 0 Å². The Bertz CT molecular complexity index is 609. The molecule has 1 atom stereocenters. The number of para-hydroxylation sites is 1.